The molecule has 0 aliphatic heterocycles. The average Bonchev–Trinajstić information content (AvgIpc) is 2.89. The van der Waals surface area contributed by atoms with Gasteiger partial charge in [-0.05, 0) is 30.3 Å². The van der Waals surface area contributed by atoms with Crippen molar-refractivity contribution in [3.8, 4) is 11.4 Å². The van der Waals surface area contributed by atoms with Gasteiger partial charge in [-0.2, -0.15) is 0 Å². The van der Waals surface area contributed by atoms with Gasteiger partial charge in [-0.25, -0.2) is 9.97 Å². The number of para-hydroxylation sites is 3. The number of carbonyl (C=O) groups is 1. The number of hydrogen-bond acceptors (Lipinski definition) is 4. The smallest absolute Gasteiger partial charge is 0.241 e. The van der Waals surface area contributed by atoms with Crippen LogP contribution in [-0.2, 0) is 4.79 Å². The summed E-state index contributed by atoms with van der Waals surface area (Å²) < 4.78 is 0. The van der Waals surface area contributed by atoms with Crippen molar-refractivity contribution in [2.75, 3.05) is 10.7 Å². The molecular formula is C28H21N3OS. The molecule has 0 spiro atoms. The van der Waals surface area contributed by atoms with E-state index < -0.39 is 0 Å². The van der Waals surface area contributed by atoms with Crippen LogP contribution in [0.2, 0.25) is 0 Å². The van der Waals surface area contributed by atoms with Gasteiger partial charge in [-0.1, -0.05) is 96.7 Å². The quantitative estimate of drug-likeness (QED) is 0.213. The van der Waals surface area contributed by atoms with E-state index in [9.17, 15) is 4.79 Å². The first kappa shape index (κ1) is 20.9. The summed E-state index contributed by atoms with van der Waals surface area (Å²) in [7, 11) is 0. The van der Waals surface area contributed by atoms with Gasteiger partial charge in [0.05, 0.1) is 11.3 Å². The van der Waals surface area contributed by atoms with Crippen LogP contribution < -0.4 is 4.90 Å². The molecule has 0 fully saturated rings. The summed E-state index contributed by atoms with van der Waals surface area (Å²) in [5.74, 6) is 0.896. The minimum Gasteiger partial charge on any atom is -0.280 e. The average molecular weight is 448 g/mol. The van der Waals surface area contributed by atoms with Gasteiger partial charge in [0.15, 0.2) is 5.82 Å². The van der Waals surface area contributed by atoms with Crippen LogP contribution in [0.1, 0.15) is 0 Å². The molecule has 1 aromatic heterocycles. The van der Waals surface area contributed by atoms with Crippen molar-refractivity contribution in [3.63, 3.8) is 0 Å². The molecular weight excluding hydrogens is 426 g/mol. The summed E-state index contributed by atoms with van der Waals surface area (Å²) in [6.45, 7) is 0. The molecule has 0 aliphatic rings. The van der Waals surface area contributed by atoms with Gasteiger partial charge >= 0.3 is 0 Å². The lowest BCUT2D eigenvalue weighted by Crippen LogP contribution is -2.27. The third-order valence-electron chi connectivity index (χ3n) is 5.21. The van der Waals surface area contributed by atoms with Crippen LogP contribution in [0.5, 0.6) is 0 Å². The summed E-state index contributed by atoms with van der Waals surface area (Å²) >= 11 is 1.44. The normalized spacial score (nSPS) is 10.8. The van der Waals surface area contributed by atoms with Crippen molar-refractivity contribution in [1.29, 1.82) is 0 Å². The highest BCUT2D eigenvalue weighted by molar-refractivity contribution is 8.00. The van der Waals surface area contributed by atoms with Crippen molar-refractivity contribution in [3.05, 3.63) is 115 Å². The highest BCUT2D eigenvalue weighted by Crippen LogP contribution is 2.31. The molecule has 160 valence electrons. The highest BCUT2D eigenvalue weighted by atomic mass is 32.2. The molecule has 0 saturated heterocycles. The van der Waals surface area contributed by atoms with Crippen molar-refractivity contribution in [2.45, 2.75) is 5.03 Å². The third kappa shape index (κ3) is 4.64. The van der Waals surface area contributed by atoms with E-state index in [1.165, 1.54) is 11.8 Å². The molecule has 1 amide bonds. The predicted octanol–water partition coefficient (Wildman–Crippen LogP) is 6.75. The number of fused-ring (bicyclic) bond motifs is 1. The lowest BCUT2D eigenvalue weighted by molar-refractivity contribution is -0.115. The number of aromatic nitrogens is 2. The Kier molecular flexibility index (Phi) is 6.13. The zero-order valence-corrected chi connectivity index (χ0v) is 18.7. The summed E-state index contributed by atoms with van der Waals surface area (Å²) in [5, 5.41) is 1.75. The summed E-state index contributed by atoms with van der Waals surface area (Å²) in [5.41, 5.74) is 3.49. The topological polar surface area (TPSA) is 46.1 Å². The number of nitrogens with zero attached hydrogens (tertiary/aromatic N) is 3. The zero-order valence-electron chi connectivity index (χ0n) is 17.8. The van der Waals surface area contributed by atoms with E-state index in [2.05, 4.69) is 0 Å². The number of anilines is 2. The Labute approximate surface area is 196 Å². The van der Waals surface area contributed by atoms with Crippen LogP contribution in [-0.4, -0.2) is 21.6 Å². The molecule has 4 aromatic carbocycles. The van der Waals surface area contributed by atoms with Crippen LogP contribution in [0.15, 0.2) is 120 Å². The van der Waals surface area contributed by atoms with Gasteiger partial charge in [0.25, 0.3) is 0 Å². The Bertz CT molecular complexity index is 1340. The molecule has 0 unspecified atom stereocenters. The highest BCUT2D eigenvalue weighted by Gasteiger charge is 2.19. The Morgan fingerprint density at radius 2 is 1.21 bits per heavy atom. The number of rotatable bonds is 6. The van der Waals surface area contributed by atoms with E-state index in [0.29, 0.717) is 5.82 Å². The minimum absolute atomic E-state index is 0.0126. The van der Waals surface area contributed by atoms with E-state index in [1.54, 1.807) is 4.90 Å². The van der Waals surface area contributed by atoms with Crippen LogP contribution >= 0.6 is 11.8 Å². The molecule has 5 rings (SSSR count). The third-order valence-corrected chi connectivity index (χ3v) is 6.19. The first-order valence-electron chi connectivity index (χ1n) is 10.7. The Hall–Kier alpha value is -3.96. The summed E-state index contributed by atoms with van der Waals surface area (Å²) in [6, 6.07) is 37.3. The molecule has 0 atom stereocenters. The van der Waals surface area contributed by atoms with Crippen molar-refractivity contribution < 1.29 is 4.79 Å². The van der Waals surface area contributed by atoms with Crippen molar-refractivity contribution in [2.24, 2.45) is 0 Å². The lowest BCUT2D eigenvalue weighted by atomic mass is 10.2. The largest absolute Gasteiger partial charge is 0.280 e. The SMILES string of the molecule is O=C(CSc1nc(-c2ccccc2)nc2ccccc12)N(c1ccccc1)c1ccccc1. The molecule has 0 aliphatic carbocycles. The number of carbonyl (C=O) groups excluding carboxylic acids is 1. The monoisotopic (exact) mass is 447 g/mol. The van der Waals surface area contributed by atoms with Crippen LogP contribution in [0.25, 0.3) is 22.3 Å². The molecule has 5 aromatic rings. The lowest BCUT2D eigenvalue weighted by Gasteiger charge is -2.23. The number of benzene rings is 4. The van der Waals surface area contributed by atoms with Crippen molar-refractivity contribution >= 4 is 39.9 Å². The maximum atomic E-state index is 13.5. The Morgan fingerprint density at radius 3 is 1.85 bits per heavy atom. The fourth-order valence-electron chi connectivity index (χ4n) is 3.66. The number of hydrogen-bond donors (Lipinski definition) is 0. The second-order valence-electron chi connectivity index (χ2n) is 7.42. The Balaban J connectivity index is 1.48. The zero-order chi connectivity index (χ0) is 22.5. The molecule has 1 heterocycles. The second kappa shape index (κ2) is 9.67. The molecule has 5 heteroatoms. The summed E-state index contributed by atoms with van der Waals surface area (Å²) in [6.07, 6.45) is 0. The van der Waals surface area contributed by atoms with Crippen LogP contribution in [0, 0.1) is 0 Å². The second-order valence-corrected chi connectivity index (χ2v) is 8.39. The summed E-state index contributed by atoms with van der Waals surface area (Å²) in [4.78, 5) is 24.8. The molecule has 0 radical (unpaired) electrons. The maximum Gasteiger partial charge on any atom is 0.241 e. The van der Waals surface area contributed by atoms with E-state index in [4.69, 9.17) is 9.97 Å². The minimum atomic E-state index is -0.0126. The molecule has 4 nitrogen and oxygen atoms in total. The van der Waals surface area contributed by atoms with Gasteiger partial charge in [0, 0.05) is 22.3 Å². The van der Waals surface area contributed by atoms with Gasteiger partial charge in [-0.15, -0.1) is 0 Å². The van der Waals surface area contributed by atoms with Crippen LogP contribution in [0.3, 0.4) is 0 Å². The van der Waals surface area contributed by atoms with Gasteiger partial charge < -0.3 is 0 Å². The first-order chi connectivity index (χ1) is 16.3. The Morgan fingerprint density at radius 1 is 0.667 bits per heavy atom. The number of amides is 1. The van der Waals surface area contributed by atoms with Gasteiger partial charge in [0.2, 0.25) is 5.91 Å². The first-order valence-corrected chi connectivity index (χ1v) is 11.7. The van der Waals surface area contributed by atoms with E-state index in [-0.39, 0.29) is 11.7 Å². The van der Waals surface area contributed by atoms with E-state index >= 15 is 0 Å². The van der Waals surface area contributed by atoms with E-state index in [1.807, 2.05) is 115 Å². The van der Waals surface area contributed by atoms with E-state index in [0.717, 1.165) is 32.9 Å². The van der Waals surface area contributed by atoms with Gasteiger partial charge in [0.1, 0.15) is 5.03 Å². The number of thioether (sulfide) groups is 1. The maximum absolute atomic E-state index is 13.5. The van der Waals surface area contributed by atoms with Crippen LogP contribution in [0.4, 0.5) is 11.4 Å². The van der Waals surface area contributed by atoms with Gasteiger partial charge in [-0.3, -0.25) is 9.69 Å². The predicted molar refractivity (Wildman–Crippen MR) is 136 cm³/mol. The standard InChI is InChI=1S/C28H21N3OS/c32-26(31(22-14-6-2-7-15-22)23-16-8-3-9-17-23)20-33-28-24-18-10-11-19-25(24)29-27(30-28)21-12-4-1-5-13-21/h1-19H,20H2. The fourth-order valence-corrected chi connectivity index (χ4v) is 4.53. The molecule has 33 heavy (non-hydrogen) atoms. The molecule has 0 N–H and O–H groups in total. The fraction of sp³-hybridized carbons (Fsp3) is 0.0357. The molecule has 0 saturated carbocycles. The molecule has 0 bridgehead atoms. The van der Waals surface area contributed by atoms with Crippen molar-refractivity contribution in [1.82, 2.24) is 9.97 Å².